The van der Waals surface area contributed by atoms with Gasteiger partial charge in [0.15, 0.2) is 0 Å². The lowest BCUT2D eigenvalue weighted by Gasteiger charge is -2.22. The van der Waals surface area contributed by atoms with Gasteiger partial charge in [-0.3, -0.25) is 5.10 Å². The van der Waals surface area contributed by atoms with Gasteiger partial charge in [-0.15, -0.1) is 0 Å². The highest BCUT2D eigenvalue weighted by Gasteiger charge is 2.56. The molecule has 3 heterocycles. The Kier molecular flexibility index (Phi) is 3.36. The van der Waals surface area contributed by atoms with Crippen LogP contribution in [0.15, 0.2) is 53.6 Å². The Balaban J connectivity index is 1.64. The summed E-state index contributed by atoms with van der Waals surface area (Å²) in [4.78, 5) is -0.294. The smallest absolute Gasteiger partial charge is 0.285 e. The first-order chi connectivity index (χ1) is 13.2. The van der Waals surface area contributed by atoms with Crippen LogP contribution in [-0.2, 0) is 16.2 Å². The molecule has 5 rings (SSSR count). The largest absolute Gasteiger partial charge is 0.416 e. The number of nitrogens with one attached hydrogen (secondary N) is 1. The number of hydrogen-bond donors (Lipinski definition) is 1. The first-order valence-corrected chi connectivity index (χ1v) is 9.68. The van der Waals surface area contributed by atoms with Crippen LogP contribution >= 0.6 is 0 Å². The molecule has 2 bridgehead atoms. The van der Waals surface area contributed by atoms with Gasteiger partial charge in [0.1, 0.15) is 5.82 Å². The predicted octanol–water partition coefficient (Wildman–Crippen LogP) is 3.76. The molecule has 2 atom stereocenters. The van der Waals surface area contributed by atoms with Crippen LogP contribution in [0.2, 0.25) is 0 Å². The summed E-state index contributed by atoms with van der Waals surface area (Å²) >= 11 is 0. The fraction of sp³-hybridized carbons (Fsp3) is 0.167. The van der Waals surface area contributed by atoms with Crippen molar-refractivity contribution in [1.29, 1.82) is 0 Å². The molecule has 1 aromatic heterocycles. The van der Waals surface area contributed by atoms with Gasteiger partial charge in [-0.1, -0.05) is 12.1 Å². The van der Waals surface area contributed by atoms with E-state index in [1.807, 2.05) is 0 Å². The zero-order chi connectivity index (χ0) is 19.8. The van der Waals surface area contributed by atoms with E-state index < -0.39 is 39.7 Å². The Hall–Kier alpha value is -2.72. The second kappa shape index (κ2) is 5.42. The minimum absolute atomic E-state index is 0.247. The number of aromatic amines is 1. The van der Waals surface area contributed by atoms with Crippen molar-refractivity contribution in [2.75, 3.05) is 0 Å². The topological polar surface area (TPSA) is 66.1 Å². The van der Waals surface area contributed by atoms with Gasteiger partial charge in [0.05, 0.1) is 28.2 Å². The number of halogens is 4. The Morgan fingerprint density at radius 3 is 2.39 bits per heavy atom. The molecule has 0 aliphatic carbocycles. The summed E-state index contributed by atoms with van der Waals surface area (Å²) in [5, 5.41) is 6.78. The van der Waals surface area contributed by atoms with Crippen LogP contribution in [0.4, 0.5) is 17.6 Å². The van der Waals surface area contributed by atoms with Gasteiger partial charge >= 0.3 is 6.18 Å². The van der Waals surface area contributed by atoms with Gasteiger partial charge in [0, 0.05) is 17.3 Å². The van der Waals surface area contributed by atoms with E-state index >= 15 is 0 Å². The summed E-state index contributed by atoms with van der Waals surface area (Å²) in [7, 11) is -4.21. The lowest BCUT2D eigenvalue weighted by Crippen LogP contribution is -2.29. The summed E-state index contributed by atoms with van der Waals surface area (Å²) in [5.41, 5.74) is 0.798. The summed E-state index contributed by atoms with van der Waals surface area (Å²) in [6.07, 6.45) is -3.05. The first-order valence-electron chi connectivity index (χ1n) is 8.24. The van der Waals surface area contributed by atoms with Crippen LogP contribution in [0.3, 0.4) is 0 Å². The summed E-state index contributed by atoms with van der Waals surface area (Å²) in [5.74, 6) is -0.538. The second-order valence-corrected chi connectivity index (χ2v) is 8.47. The van der Waals surface area contributed by atoms with Crippen LogP contribution in [0.1, 0.15) is 40.0 Å². The van der Waals surface area contributed by atoms with E-state index in [9.17, 15) is 26.0 Å². The zero-order valence-corrected chi connectivity index (χ0v) is 14.7. The van der Waals surface area contributed by atoms with Crippen molar-refractivity contribution < 1.29 is 26.0 Å². The maximum atomic E-state index is 14.5. The van der Waals surface area contributed by atoms with Crippen molar-refractivity contribution in [2.24, 2.45) is 0 Å². The summed E-state index contributed by atoms with van der Waals surface area (Å²) in [6.45, 7) is 0. The third-order valence-corrected chi connectivity index (χ3v) is 7.02. The second-order valence-electron chi connectivity index (χ2n) is 6.63. The number of alkyl halides is 3. The summed E-state index contributed by atoms with van der Waals surface area (Å²) < 4.78 is 80.6. The quantitative estimate of drug-likeness (QED) is 0.656. The minimum atomic E-state index is -4.57. The maximum absolute atomic E-state index is 14.5. The molecule has 2 unspecified atom stereocenters. The van der Waals surface area contributed by atoms with Crippen LogP contribution in [-0.4, -0.2) is 22.9 Å². The minimum Gasteiger partial charge on any atom is -0.285 e. The van der Waals surface area contributed by atoms with Gasteiger partial charge in [-0.2, -0.15) is 22.6 Å². The fourth-order valence-corrected chi connectivity index (χ4v) is 5.73. The molecule has 0 fully saturated rings. The lowest BCUT2D eigenvalue weighted by atomic mass is 9.90. The number of nitrogens with zero attached hydrogens (tertiary/aromatic N) is 2. The van der Waals surface area contributed by atoms with Crippen molar-refractivity contribution in [3.63, 3.8) is 0 Å². The number of sulfonamides is 1. The number of benzene rings is 2. The standard InChI is InChI=1S/C18H11F4N3O2S/c19-13-3-1-2-11-14(13)16-12-8-23-24-15(12)17(11)25(16)28(26,27)10-6-4-9(5-7-10)18(20,21)22/h1-8,16-17H,(H,23,24). The molecule has 2 aliphatic heterocycles. The SMILES string of the molecule is O=S(=O)(c1ccc(C(F)(F)F)cc1)N1C2c3cccc(F)c3C1c1c[nH]nc12. The molecule has 0 spiro atoms. The molecule has 0 saturated heterocycles. The zero-order valence-electron chi connectivity index (χ0n) is 13.9. The Morgan fingerprint density at radius 2 is 1.71 bits per heavy atom. The van der Waals surface area contributed by atoms with Crippen molar-refractivity contribution in [3.8, 4) is 0 Å². The van der Waals surface area contributed by atoms with Crippen molar-refractivity contribution >= 4 is 10.0 Å². The average molecular weight is 409 g/mol. The molecule has 0 amide bonds. The molecule has 2 aliphatic rings. The highest BCUT2D eigenvalue weighted by molar-refractivity contribution is 7.89. The van der Waals surface area contributed by atoms with Crippen LogP contribution in [0.5, 0.6) is 0 Å². The number of hydrogen-bond acceptors (Lipinski definition) is 3. The van der Waals surface area contributed by atoms with Crippen molar-refractivity contribution in [3.05, 3.63) is 82.4 Å². The van der Waals surface area contributed by atoms with Crippen LogP contribution in [0, 0.1) is 5.82 Å². The highest BCUT2D eigenvalue weighted by atomic mass is 32.2. The Bertz CT molecular complexity index is 1200. The molecule has 28 heavy (non-hydrogen) atoms. The van der Waals surface area contributed by atoms with Gasteiger partial charge in [0.25, 0.3) is 0 Å². The molecule has 5 nitrogen and oxygen atoms in total. The Labute approximate surface area is 156 Å². The maximum Gasteiger partial charge on any atom is 0.416 e. The van der Waals surface area contributed by atoms with E-state index in [0.29, 0.717) is 16.8 Å². The molecular weight excluding hydrogens is 398 g/mol. The van der Waals surface area contributed by atoms with E-state index in [1.165, 1.54) is 18.3 Å². The Morgan fingerprint density at radius 1 is 1.00 bits per heavy atom. The van der Waals surface area contributed by atoms with Crippen molar-refractivity contribution in [1.82, 2.24) is 14.5 Å². The van der Waals surface area contributed by atoms with Gasteiger partial charge in [-0.25, -0.2) is 12.8 Å². The van der Waals surface area contributed by atoms with E-state index in [2.05, 4.69) is 10.2 Å². The van der Waals surface area contributed by atoms with Gasteiger partial charge in [-0.05, 0) is 35.9 Å². The average Bonchev–Trinajstić information content (AvgIpc) is 3.31. The van der Waals surface area contributed by atoms with E-state index in [0.717, 1.165) is 28.6 Å². The molecule has 3 aromatic rings. The van der Waals surface area contributed by atoms with E-state index in [1.54, 1.807) is 6.07 Å². The molecule has 2 aromatic carbocycles. The highest BCUT2D eigenvalue weighted by Crippen LogP contribution is 2.58. The number of aromatic nitrogens is 2. The number of rotatable bonds is 2. The fourth-order valence-electron chi connectivity index (χ4n) is 4.02. The molecule has 0 radical (unpaired) electrons. The summed E-state index contributed by atoms with van der Waals surface area (Å²) in [6, 6.07) is 5.91. The molecular formula is C18H11F4N3O2S. The number of fused-ring (bicyclic) bond motifs is 8. The normalized spacial score (nSPS) is 21.0. The number of H-pyrrole nitrogens is 1. The first kappa shape index (κ1) is 17.4. The lowest BCUT2D eigenvalue weighted by molar-refractivity contribution is -0.137. The van der Waals surface area contributed by atoms with E-state index in [-0.39, 0.29) is 10.5 Å². The van der Waals surface area contributed by atoms with Crippen LogP contribution < -0.4 is 0 Å². The predicted molar refractivity (Wildman–Crippen MR) is 89.1 cm³/mol. The monoisotopic (exact) mass is 409 g/mol. The molecule has 0 saturated carbocycles. The molecule has 10 heteroatoms. The van der Waals surface area contributed by atoms with Gasteiger partial charge in [0.2, 0.25) is 10.0 Å². The van der Waals surface area contributed by atoms with Crippen LogP contribution in [0.25, 0.3) is 0 Å². The van der Waals surface area contributed by atoms with E-state index in [4.69, 9.17) is 0 Å². The third-order valence-electron chi connectivity index (χ3n) is 5.18. The molecule has 144 valence electrons. The third kappa shape index (κ3) is 2.15. The van der Waals surface area contributed by atoms with Gasteiger partial charge < -0.3 is 0 Å². The molecule has 1 N–H and O–H groups in total. The van der Waals surface area contributed by atoms with Crippen molar-refractivity contribution in [2.45, 2.75) is 23.2 Å².